The van der Waals surface area contributed by atoms with Crippen LogP contribution in [-0.2, 0) is 4.79 Å². The summed E-state index contributed by atoms with van der Waals surface area (Å²) in [6, 6.07) is 6.62. The molecule has 0 aromatic heterocycles. The third-order valence-electron chi connectivity index (χ3n) is 4.75. The number of nitrogens with zero attached hydrogens (tertiary/aromatic N) is 1. The van der Waals surface area contributed by atoms with Crippen LogP contribution in [0.4, 0.5) is 5.69 Å². The zero-order valence-corrected chi connectivity index (χ0v) is 15.4. The predicted molar refractivity (Wildman–Crippen MR) is 97.7 cm³/mol. The van der Waals surface area contributed by atoms with Crippen molar-refractivity contribution in [2.45, 2.75) is 38.6 Å². The number of rotatable bonds is 6. The molecule has 1 saturated heterocycles. The second-order valence-electron chi connectivity index (χ2n) is 6.93. The third kappa shape index (κ3) is 5.30. The van der Waals surface area contributed by atoms with Crippen LogP contribution < -0.4 is 10.6 Å². The molecule has 0 bridgehead atoms. The van der Waals surface area contributed by atoms with Crippen LogP contribution in [0, 0.1) is 12.8 Å². The van der Waals surface area contributed by atoms with Crippen molar-refractivity contribution >= 4 is 27.5 Å². The van der Waals surface area contributed by atoms with E-state index in [9.17, 15) is 4.79 Å². The maximum atomic E-state index is 12.2. The fourth-order valence-corrected chi connectivity index (χ4v) is 3.66. The van der Waals surface area contributed by atoms with Gasteiger partial charge in [-0.3, -0.25) is 9.69 Å². The topological polar surface area (TPSA) is 44.4 Å². The van der Waals surface area contributed by atoms with E-state index < -0.39 is 0 Å². The number of amides is 1. The molecule has 0 atom stereocenters. The van der Waals surface area contributed by atoms with Crippen LogP contribution >= 0.6 is 15.9 Å². The van der Waals surface area contributed by atoms with Crippen LogP contribution in [-0.4, -0.2) is 43.0 Å². The highest BCUT2D eigenvalue weighted by atomic mass is 79.9. The molecule has 0 unspecified atom stereocenters. The van der Waals surface area contributed by atoms with Crippen LogP contribution in [0.25, 0.3) is 0 Å². The lowest BCUT2D eigenvalue weighted by molar-refractivity contribution is -0.117. The Bertz CT molecular complexity index is 551. The second-order valence-corrected chi connectivity index (χ2v) is 7.79. The number of carbonyl (C=O) groups is 1. The fourth-order valence-electron chi connectivity index (χ4n) is 3.06. The van der Waals surface area contributed by atoms with Crippen molar-refractivity contribution in [1.82, 2.24) is 10.2 Å². The van der Waals surface area contributed by atoms with Gasteiger partial charge in [-0.05, 0) is 78.7 Å². The smallest absolute Gasteiger partial charge is 0.238 e. The number of hydrogen-bond acceptors (Lipinski definition) is 3. The van der Waals surface area contributed by atoms with Crippen molar-refractivity contribution in [2.75, 3.05) is 31.5 Å². The summed E-state index contributed by atoms with van der Waals surface area (Å²) in [5.41, 5.74) is 2.03. The largest absolute Gasteiger partial charge is 0.324 e. The summed E-state index contributed by atoms with van der Waals surface area (Å²) in [6.07, 6.45) is 5.10. The van der Waals surface area contributed by atoms with Gasteiger partial charge < -0.3 is 10.6 Å². The molecule has 1 aromatic rings. The average molecular weight is 380 g/mol. The number of nitrogens with one attached hydrogen (secondary N) is 2. The Labute approximate surface area is 147 Å². The molecule has 2 aliphatic rings. The lowest BCUT2D eigenvalue weighted by Gasteiger charge is -2.32. The summed E-state index contributed by atoms with van der Waals surface area (Å²) in [7, 11) is 0. The molecule has 1 aliphatic heterocycles. The van der Waals surface area contributed by atoms with Gasteiger partial charge in [0.25, 0.3) is 0 Å². The zero-order valence-electron chi connectivity index (χ0n) is 13.8. The van der Waals surface area contributed by atoms with Gasteiger partial charge in [0.1, 0.15) is 0 Å². The van der Waals surface area contributed by atoms with Crippen LogP contribution in [0.1, 0.15) is 31.2 Å². The molecule has 5 heteroatoms. The highest BCUT2D eigenvalue weighted by Crippen LogP contribution is 2.28. The summed E-state index contributed by atoms with van der Waals surface area (Å²) in [5.74, 6) is 1.01. The van der Waals surface area contributed by atoms with E-state index in [0.29, 0.717) is 12.6 Å². The first-order chi connectivity index (χ1) is 11.1. The van der Waals surface area contributed by atoms with Gasteiger partial charge >= 0.3 is 0 Å². The molecule has 0 radical (unpaired) electrons. The van der Waals surface area contributed by atoms with E-state index in [4.69, 9.17) is 0 Å². The number of halogens is 1. The van der Waals surface area contributed by atoms with Crippen molar-refractivity contribution in [3.8, 4) is 0 Å². The summed E-state index contributed by atoms with van der Waals surface area (Å²) in [5, 5.41) is 6.68. The van der Waals surface area contributed by atoms with Crippen molar-refractivity contribution in [3.05, 3.63) is 28.2 Å². The van der Waals surface area contributed by atoms with E-state index in [1.54, 1.807) is 0 Å². The van der Waals surface area contributed by atoms with E-state index in [1.807, 2.05) is 25.1 Å². The highest BCUT2D eigenvalue weighted by molar-refractivity contribution is 9.10. The van der Waals surface area contributed by atoms with Gasteiger partial charge in [-0.15, -0.1) is 0 Å². The zero-order chi connectivity index (χ0) is 16.2. The first kappa shape index (κ1) is 16.9. The molecule has 1 amide bonds. The van der Waals surface area contributed by atoms with Crippen LogP contribution in [0.3, 0.4) is 0 Å². The molecule has 2 N–H and O–H groups in total. The first-order valence-electron chi connectivity index (χ1n) is 8.62. The monoisotopic (exact) mass is 379 g/mol. The Kier molecular flexibility index (Phi) is 5.72. The molecular formula is C18H26BrN3O. The molecule has 23 heavy (non-hydrogen) atoms. The minimum atomic E-state index is 0.0685. The number of aryl methyl sites for hydroxylation is 1. The lowest BCUT2D eigenvalue weighted by atomic mass is 10.0. The molecule has 1 aliphatic carbocycles. The number of benzene rings is 1. The van der Waals surface area contributed by atoms with Crippen LogP contribution in [0.5, 0.6) is 0 Å². The van der Waals surface area contributed by atoms with Gasteiger partial charge in [0, 0.05) is 23.6 Å². The van der Waals surface area contributed by atoms with Gasteiger partial charge in [-0.2, -0.15) is 0 Å². The maximum Gasteiger partial charge on any atom is 0.238 e. The predicted octanol–water partition coefficient (Wildman–Crippen LogP) is 3.16. The highest BCUT2D eigenvalue weighted by Gasteiger charge is 2.25. The summed E-state index contributed by atoms with van der Waals surface area (Å²) in [6.45, 7) is 5.72. The number of carbonyl (C=O) groups excluding carboxylic acids is 1. The third-order valence-corrected chi connectivity index (χ3v) is 5.40. The molecule has 1 aromatic carbocycles. The Morgan fingerprint density at radius 2 is 2.00 bits per heavy atom. The van der Waals surface area contributed by atoms with E-state index in [1.165, 1.54) is 24.9 Å². The van der Waals surface area contributed by atoms with E-state index in [-0.39, 0.29) is 5.91 Å². The van der Waals surface area contributed by atoms with Gasteiger partial charge in [0.15, 0.2) is 0 Å². The molecule has 3 rings (SSSR count). The maximum absolute atomic E-state index is 12.2. The molecule has 126 valence electrons. The van der Waals surface area contributed by atoms with Crippen LogP contribution in [0.2, 0.25) is 0 Å². The number of hydrogen-bond donors (Lipinski definition) is 2. The van der Waals surface area contributed by atoms with Crippen molar-refractivity contribution in [1.29, 1.82) is 0 Å². The van der Waals surface area contributed by atoms with Crippen molar-refractivity contribution in [3.63, 3.8) is 0 Å². The quantitative estimate of drug-likeness (QED) is 0.797. The van der Waals surface area contributed by atoms with Crippen molar-refractivity contribution < 1.29 is 4.79 Å². The van der Waals surface area contributed by atoms with Gasteiger partial charge in [0.2, 0.25) is 5.91 Å². The molecule has 1 saturated carbocycles. The number of piperidine rings is 1. The Balaban J connectivity index is 1.40. The first-order valence-corrected chi connectivity index (χ1v) is 9.41. The number of likely N-dealkylation sites (tertiary alicyclic amines) is 1. The molecule has 0 spiro atoms. The minimum Gasteiger partial charge on any atom is -0.324 e. The van der Waals surface area contributed by atoms with Gasteiger partial charge in [-0.25, -0.2) is 0 Å². The van der Waals surface area contributed by atoms with Crippen molar-refractivity contribution in [2.24, 2.45) is 5.92 Å². The molecule has 2 fully saturated rings. The molecule has 1 heterocycles. The number of anilines is 1. The Morgan fingerprint density at radius 1 is 1.26 bits per heavy atom. The molecule has 4 nitrogen and oxygen atoms in total. The second kappa shape index (κ2) is 7.77. The summed E-state index contributed by atoms with van der Waals surface area (Å²) in [4.78, 5) is 14.5. The summed E-state index contributed by atoms with van der Waals surface area (Å²) < 4.78 is 0.939. The van der Waals surface area contributed by atoms with E-state index in [0.717, 1.165) is 42.0 Å². The van der Waals surface area contributed by atoms with Crippen LogP contribution in [0.15, 0.2) is 22.7 Å². The van der Waals surface area contributed by atoms with Gasteiger partial charge in [-0.1, -0.05) is 6.07 Å². The Morgan fingerprint density at radius 3 is 2.65 bits per heavy atom. The fraction of sp³-hybridized carbons (Fsp3) is 0.611. The summed E-state index contributed by atoms with van der Waals surface area (Å²) >= 11 is 3.51. The van der Waals surface area contributed by atoms with E-state index in [2.05, 4.69) is 31.5 Å². The SMILES string of the molecule is Cc1ccc(NC(=O)CN2CCC(NCC3CC3)CC2)c(Br)c1. The lowest BCUT2D eigenvalue weighted by Crippen LogP contribution is -2.45. The standard InChI is InChI=1S/C18H26BrN3O/c1-13-2-5-17(16(19)10-13)21-18(23)12-22-8-6-15(7-9-22)20-11-14-3-4-14/h2,5,10,14-15,20H,3-4,6-9,11-12H2,1H3,(H,21,23). The van der Waals surface area contributed by atoms with Gasteiger partial charge in [0.05, 0.1) is 12.2 Å². The normalized spacial score (nSPS) is 19.7. The minimum absolute atomic E-state index is 0.0685. The van der Waals surface area contributed by atoms with E-state index >= 15 is 0 Å². The average Bonchev–Trinajstić information content (AvgIpc) is 3.34. The Hall–Kier alpha value is -0.910. The molecular weight excluding hydrogens is 354 g/mol.